The molecular weight excluding hydrogens is 364 g/mol. The molecule has 152 valence electrons. The van der Waals surface area contributed by atoms with Gasteiger partial charge in [0.2, 0.25) is 5.95 Å². The first kappa shape index (κ1) is 19.1. The predicted octanol–water partition coefficient (Wildman–Crippen LogP) is 0.178. The van der Waals surface area contributed by atoms with E-state index in [9.17, 15) is 15.3 Å². The van der Waals surface area contributed by atoms with Crippen LogP contribution in [0.3, 0.4) is 0 Å². The van der Waals surface area contributed by atoms with Crippen molar-refractivity contribution in [1.29, 1.82) is 0 Å². The summed E-state index contributed by atoms with van der Waals surface area (Å²) in [5.41, 5.74) is 6.81. The fourth-order valence-electron chi connectivity index (χ4n) is 3.81. The Labute approximate surface area is 162 Å². The minimum Gasteiger partial charge on any atom is -0.394 e. The van der Waals surface area contributed by atoms with E-state index in [-0.39, 0.29) is 5.82 Å². The molecule has 0 bridgehead atoms. The predicted molar refractivity (Wildman–Crippen MR) is 102 cm³/mol. The highest BCUT2D eigenvalue weighted by molar-refractivity contribution is 5.83. The largest absolute Gasteiger partial charge is 0.394 e. The van der Waals surface area contributed by atoms with Gasteiger partial charge in [-0.05, 0) is 31.6 Å². The Morgan fingerprint density at radius 2 is 2.14 bits per heavy atom. The third-order valence-corrected chi connectivity index (χ3v) is 5.39. The number of hydrogen-bond donors (Lipinski definition) is 5. The zero-order valence-electron chi connectivity index (χ0n) is 15.5. The number of rotatable bonds is 6. The summed E-state index contributed by atoms with van der Waals surface area (Å²) in [6, 6.07) is 0. The second kappa shape index (κ2) is 8.00. The van der Waals surface area contributed by atoms with Gasteiger partial charge < -0.3 is 31.1 Å². The van der Waals surface area contributed by atoms with Gasteiger partial charge in [0, 0.05) is 6.54 Å². The van der Waals surface area contributed by atoms with Crippen LogP contribution in [0.5, 0.6) is 0 Å². The average Bonchev–Trinajstić information content (AvgIpc) is 3.24. The minimum absolute atomic E-state index is 0.218. The van der Waals surface area contributed by atoms with Crippen LogP contribution in [0, 0.1) is 5.92 Å². The number of anilines is 2. The van der Waals surface area contributed by atoms with Gasteiger partial charge in [0.25, 0.3) is 0 Å². The van der Waals surface area contributed by atoms with E-state index < -0.39 is 31.1 Å². The van der Waals surface area contributed by atoms with Gasteiger partial charge in [-0.25, -0.2) is 4.98 Å². The van der Waals surface area contributed by atoms with Gasteiger partial charge in [-0.1, -0.05) is 12.2 Å². The number of aliphatic hydroxyl groups is 3. The van der Waals surface area contributed by atoms with Crippen molar-refractivity contribution in [2.45, 2.75) is 50.2 Å². The first-order valence-corrected chi connectivity index (χ1v) is 9.61. The number of fused-ring (bicyclic) bond motifs is 1. The van der Waals surface area contributed by atoms with Crippen molar-refractivity contribution in [1.82, 2.24) is 19.5 Å². The van der Waals surface area contributed by atoms with Gasteiger partial charge in [-0.2, -0.15) is 9.97 Å². The normalized spacial score (nSPS) is 30.2. The molecule has 6 N–H and O–H groups in total. The number of nitrogens with one attached hydrogen (secondary N) is 1. The number of aromatic nitrogens is 4. The highest BCUT2D eigenvalue weighted by Crippen LogP contribution is 2.32. The van der Waals surface area contributed by atoms with E-state index in [1.807, 2.05) is 0 Å². The maximum absolute atomic E-state index is 10.3. The molecule has 0 spiro atoms. The molecule has 1 aliphatic carbocycles. The van der Waals surface area contributed by atoms with E-state index in [0.717, 1.165) is 12.8 Å². The van der Waals surface area contributed by atoms with Crippen LogP contribution >= 0.6 is 0 Å². The molecule has 3 heterocycles. The number of nitrogen functional groups attached to an aromatic ring is 1. The van der Waals surface area contributed by atoms with E-state index in [1.165, 1.54) is 23.7 Å². The van der Waals surface area contributed by atoms with Crippen molar-refractivity contribution in [2.24, 2.45) is 5.92 Å². The molecule has 28 heavy (non-hydrogen) atoms. The first-order valence-electron chi connectivity index (χ1n) is 9.61. The molecule has 1 aliphatic heterocycles. The molecule has 0 amide bonds. The summed E-state index contributed by atoms with van der Waals surface area (Å²) in [6.07, 6.45) is 6.26. The van der Waals surface area contributed by atoms with E-state index >= 15 is 0 Å². The number of aliphatic hydroxyl groups excluding tert-OH is 3. The summed E-state index contributed by atoms with van der Waals surface area (Å²) in [7, 11) is 0. The third-order valence-electron chi connectivity index (χ3n) is 5.39. The highest BCUT2D eigenvalue weighted by Gasteiger charge is 2.44. The van der Waals surface area contributed by atoms with Crippen LogP contribution in [0.4, 0.5) is 11.8 Å². The quantitative estimate of drug-likeness (QED) is 0.435. The smallest absolute Gasteiger partial charge is 0.226 e. The Hall–Kier alpha value is -2.27. The van der Waals surface area contributed by atoms with Gasteiger partial charge in [0.05, 0.1) is 12.9 Å². The van der Waals surface area contributed by atoms with E-state index in [2.05, 4.69) is 32.4 Å². The van der Waals surface area contributed by atoms with Crippen molar-refractivity contribution >= 4 is 22.9 Å². The summed E-state index contributed by atoms with van der Waals surface area (Å²) in [6.45, 7) is 0.308. The number of allylic oxidation sites excluding steroid dienone is 2. The van der Waals surface area contributed by atoms with Gasteiger partial charge in [-0.3, -0.25) is 4.57 Å². The van der Waals surface area contributed by atoms with Gasteiger partial charge in [-0.15, -0.1) is 0 Å². The molecule has 5 atom stereocenters. The second-order valence-corrected chi connectivity index (χ2v) is 7.32. The van der Waals surface area contributed by atoms with Gasteiger partial charge in [0.1, 0.15) is 23.8 Å². The van der Waals surface area contributed by atoms with Crippen LogP contribution in [0.15, 0.2) is 18.5 Å². The molecular formula is C18H26N6O4. The van der Waals surface area contributed by atoms with Crippen LogP contribution in [-0.4, -0.2) is 66.3 Å². The zero-order valence-corrected chi connectivity index (χ0v) is 15.5. The van der Waals surface area contributed by atoms with Crippen LogP contribution in [-0.2, 0) is 4.74 Å². The zero-order chi connectivity index (χ0) is 19.7. The van der Waals surface area contributed by atoms with Crippen molar-refractivity contribution in [3.05, 3.63) is 18.5 Å². The summed E-state index contributed by atoms with van der Waals surface area (Å²) in [5.74, 6) is 1.15. The molecule has 0 saturated carbocycles. The summed E-state index contributed by atoms with van der Waals surface area (Å²) in [5, 5.41) is 32.8. The van der Waals surface area contributed by atoms with E-state index in [1.54, 1.807) is 0 Å². The Morgan fingerprint density at radius 1 is 1.29 bits per heavy atom. The first-order chi connectivity index (χ1) is 13.6. The van der Waals surface area contributed by atoms with Crippen LogP contribution < -0.4 is 11.1 Å². The number of ether oxygens (including phenoxy) is 1. The molecule has 10 nitrogen and oxygen atoms in total. The number of nitrogens with two attached hydrogens (primary N) is 1. The van der Waals surface area contributed by atoms with Gasteiger partial charge in [0.15, 0.2) is 17.7 Å². The molecule has 1 fully saturated rings. The summed E-state index contributed by atoms with van der Waals surface area (Å²) >= 11 is 0. The Kier molecular flexibility index (Phi) is 5.44. The lowest BCUT2D eigenvalue weighted by Crippen LogP contribution is -2.33. The lowest BCUT2D eigenvalue weighted by molar-refractivity contribution is -0.0511. The fraction of sp³-hybridized carbons (Fsp3) is 0.611. The lowest BCUT2D eigenvalue weighted by atomic mass is 9.93. The van der Waals surface area contributed by atoms with Crippen molar-refractivity contribution in [3.8, 4) is 0 Å². The molecule has 1 saturated heterocycles. The van der Waals surface area contributed by atoms with E-state index in [4.69, 9.17) is 10.5 Å². The Bertz CT molecular complexity index is 856. The van der Waals surface area contributed by atoms with Crippen molar-refractivity contribution in [2.75, 3.05) is 24.2 Å². The summed E-state index contributed by atoms with van der Waals surface area (Å²) < 4.78 is 7.08. The van der Waals surface area contributed by atoms with E-state index in [0.29, 0.717) is 29.6 Å². The van der Waals surface area contributed by atoms with Crippen LogP contribution in [0.2, 0.25) is 0 Å². The number of imidazole rings is 1. The Balaban J connectivity index is 1.53. The van der Waals surface area contributed by atoms with Crippen LogP contribution in [0.1, 0.15) is 31.9 Å². The van der Waals surface area contributed by atoms with Crippen LogP contribution in [0.25, 0.3) is 11.2 Å². The monoisotopic (exact) mass is 390 g/mol. The molecule has 2 aromatic rings. The number of hydrogen-bond acceptors (Lipinski definition) is 9. The summed E-state index contributed by atoms with van der Waals surface area (Å²) in [4.78, 5) is 12.9. The lowest BCUT2D eigenvalue weighted by Gasteiger charge is -2.17. The molecule has 2 unspecified atom stereocenters. The van der Waals surface area contributed by atoms with Gasteiger partial charge >= 0.3 is 0 Å². The standard InChI is InChI=1S/C18H26N6O4/c19-15-12-16(23-18(22-15)20-7-6-10-4-2-1-3-5-10)24(9-21-12)17-14(27)13(26)11(8-25)28-17/h2,4,9-11,13-14,17,25-27H,1,3,5-8H2,(H3,19,20,22,23)/t10?,11-,13-,14-,17?/m1/s1. The Morgan fingerprint density at radius 3 is 2.86 bits per heavy atom. The molecule has 10 heteroatoms. The highest BCUT2D eigenvalue weighted by atomic mass is 16.6. The molecule has 0 radical (unpaired) electrons. The molecule has 4 rings (SSSR count). The number of nitrogens with zero attached hydrogens (tertiary/aromatic N) is 4. The topological polar surface area (TPSA) is 152 Å². The average molecular weight is 390 g/mol. The molecule has 0 aromatic carbocycles. The third kappa shape index (κ3) is 3.55. The second-order valence-electron chi connectivity index (χ2n) is 7.32. The SMILES string of the molecule is Nc1nc(NCCC2C=CCCC2)nc2c1ncn2C1O[C@H](CO)[C@@H](O)[C@H]1O. The molecule has 2 aromatic heterocycles. The minimum atomic E-state index is -1.22. The maximum Gasteiger partial charge on any atom is 0.226 e. The molecule has 2 aliphatic rings. The van der Waals surface area contributed by atoms with Crippen molar-refractivity contribution in [3.63, 3.8) is 0 Å². The fourth-order valence-corrected chi connectivity index (χ4v) is 3.81. The maximum atomic E-state index is 10.3. The van der Waals surface area contributed by atoms with Crippen molar-refractivity contribution < 1.29 is 20.1 Å².